The number of H-pyrrole nitrogens is 2. The Morgan fingerprint density at radius 3 is 2.76 bits per heavy atom. The number of amides is 1. The van der Waals surface area contributed by atoms with Crippen LogP contribution in [0.3, 0.4) is 0 Å². The van der Waals surface area contributed by atoms with Gasteiger partial charge in [0.15, 0.2) is 11.5 Å². The van der Waals surface area contributed by atoms with Gasteiger partial charge >= 0.3 is 0 Å². The van der Waals surface area contributed by atoms with Gasteiger partial charge in [0.1, 0.15) is 11.5 Å². The Morgan fingerprint density at radius 2 is 1.97 bits per heavy atom. The fourth-order valence-corrected chi connectivity index (χ4v) is 5.15. The van der Waals surface area contributed by atoms with E-state index in [1.54, 1.807) is 48.1 Å². The minimum absolute atomic E-state index is 0.121. The molecule has 0 aliphatic carbocycles. The molecular weight excluding hydrogens is 501 g/mol. The second kappa shape index (κ2) is 9.14. The number of benzene rings is 1. The highest BCUT2D eigenvalue weighted by Crippen LogP contribution is 2.35. The molecule has 0 aliphatic heterocycles. The SMILES string of the molecule is CC(C)(C)CC(=O)Nc1cncc(-c2ccc3[nH]nc(-c4nc5nccc(-c6ccsc6)c5[nH]4)c3c2F)c1. The summed E-state index contributed by atoms with van der Waals surface area (Å²) in [7, 11) is 0. The number of carbonyl (C=O) groups excluding carboxylic acids is 1. The van der Waals surface area contributed by atoms with Crippen molar-refractivity contribution in [1.82, 2.24) is 30.1 Å². The van der Waals surface area contributed by atoms with Gasteiger partial charge in [0.25, 0.3) is 0 Å². The maximum Gasteiger partial charge on any atom is 0.224 e. The average molecular weight is 526 g/mol. The van der Waals surface area contributed by atoms with E-state index in [9.17, 15) is 4.79 Å². The number of hydrogen-bond donors (Lipinski definition) is 3. The summed E-state index contributed by atoms with van der Waals surface area (Å²) in [6.07, 6.45) is 5.19. The number of aromatic amines is 2. The van der Waals surface area contributed by atoms with E-state index >= 15 is 4.39 Å². The zero-order chi connectivity index (χ0) is 26.4. The van der Waals surface area contributed by atoms with Gasteiger partial charge in [-0.15, -0.1) is 0 Å². The van der Waals surface area contributed by atoms with Crippen molar-refractivity contribution in [1.29, 1.82) is 0 Å². The molecule has 6 rings (SSSR count). The first-order valence-electron chi connectivity index (χ1n) is 12.1. The van der Waals surface area contributed by atoms with Crippen LogP contribution in [0, 0.1) is 11.2 Å². The van der Waals surface area contributed by atoms with Crippen molar-refractivity contribution in [3.8, 4) is 33.8 Å². The normalized spacial score (nSPS) is 11.9. The van der Waals surface area contributed by atoms with Crippen LogP contribution in [0.25, 0.3) is 55.8 Å². The van der Waals surface area contributed by atoms with E-state index in [4.69, 9.17) is 0 Å². The molecule has 0 spiro atoms. The molecule has 6 aromatic rings. The third kappa shape index (κ3) is 4.43. The lowest BCUT2D eigenvalue weighted by Gasteiger charge is -2.17. The van der Waals surface area contributed by atoms with E-state index in [-0.39, 0.29) is 11.3 Å². The maximum absolute atomic E-state index is 16.1. The Bertz CT molecular complexity index is 1800. The van der Waals surface area contributed by atoms with Crippen LogP contribution in [0.4, 0.5) is 10.1 Å². The number of carbonyl (C=O) groups is 1. The van der Waals surface area contributed by atoms with Gasteiger partial charge in [0, 0.05) is 35.5 Å². The fraction of sp³-hybridized carbons (Fsp3) is 0.179. The van der Waals surface area contributed by atoms with E-state index in [0.29, 0.717) is 51.3 Å². The van der Waals surface area contributed by atoms with Crippen LogP contribution in [0.2, 0.25) is 0 Å². The minimum Gasteiger partial charge on any atom is -0.335 e. The molecule has 1 aromatic carbocycles. The smallest absolute Gasteiger partial charge is 0.224 e. The molecule has 190 valence electrons. The number of aromatic nitrogens is 6. The molecule has 0 saturated carbocycles. The van der Waals surface area contributed by atoms with Gasteiger partial charge in [-0.1, -0.05) is 20.8 Å². The molecule has 8 nitrogen and oxygen atoms in total. The summed E-state index contributed by atoms with van der Waals surface area (Å²) in [5.41, 5.74) is 5.44. The predicted octanol–water partition coefficient (Wildman–Crippen LogP) is 6.81. The van der Waals surface area contributed by atoms with Gasteiger partial charge in [-0.2, -0.15) is 16.4 Å². The van der Waals surface area contributed by atoms with Crippen LogP contribution in [-0.2, 0) is 4.79 Å². The Morgan fingerprint density at radius 1 is 1.11 bits per heavy atom. The number of nitrogens with one attached hydrogen (secondary N) is 3. The molecule has 0 fully saturated rings. The number of thiophene rings is 1. The van der Waals surface area contributed by atoms with Crippen molar-refractivity contribution in [3.05, 3.63) is 65.5 Å². The first kappa shape index (κ1) is 23.9. The van der Waals surface area contributed by atoms with Crippen molar-refractivity contribution < 1.29 is 9.18 Å². The van der Waals surface area contributed by atoms with E-state index in [0.717, 1.165) is 16.6 Å². The molecule has 5 aromatic heterocycles. The number of imidazole rings is 1. The van der Waals surface area contributed by atoms with E-state index in [2.05, 4.69) is 40.8 Å². The summed E-state index contributed by atoms with van der Waals surface area (Å²) >= 11 is 1.61. The van der Waals surface area contributed by atoms with Gasteiger partial charge in [-0.3, -0.25) is 14.9 Å². The molecule has 38 heavy (non-hydrogen) atoms. The highest BCUT2D eigenvalue weighted by Gasteiger charge is 2.21. The number of fused-ring (bicyclic) bond motifs is 2. The standard InChI is InChI=1S/C28H24FN7OS/c1-28(2,3)11-21(37)32-17-10-16(12-30-13-17)18-4-5-20-22(23(18)29)25(36-35-20)27-33-24-19(15-7-9-38-14-15)6-8-31-26(24)34-27/h4-10,12-14H,11H2,1-3H3,(H,32,37)(H,35,36)(H,31,33,34). The number of halogens is 1. The van der Waals surface area contributed by atoms with Crippen LogP contribution >= 0.6 is 11.3 Å². The summed E-state index contributed by atoms with van der Waals surface area (Å²) in [5.74, 6) is -0.165. The van der Waals surface area contributed by atoms with Crippen molar-refractivity contribution in [2.45, 2.75) is 27.2 Å². The van der Waals surface area contributed by atoms with E-state index < -0.39 is 5.82 Å². The zero-order valence-corrected chi connectivity index (χ0v) is 21.8. The Labute approximate surface area is 221 Å². The lowest BCUT2D eigenvalue weighted by atomic mass is 9.92. The first-order valence-corrected chi connectivity index (χ1v) is 13.0. The minimum atomic E-state index is -0.460. The van der Waals surface area contributed by atoms with Crippen LogP contribution < -0.4 is 5.32 Å². The average Bonchev–Trinajstić information content (AvgIpc) is 3.62. The molecule has 3 N–H and O–H groups in total. The Hall–Kier alpha value is -4.44. The number of hydrogen-bond acceptors (Lipinski definition) is 6. The van der Waals surface area contributed by atoms with Crippen LogP contribution in [-0.4, -0.2) is 36.0 Å². The fourth-order valence-electron chi connectivity index (χ4n) is 4.49. The third-order valence-electron chi connectivity index (χ3n) is 6.14. The third-order valence-corrected chi connectivity index (χ3v) is 6.82. The molecule has 0 bridgehead atoms. The molecular formula is C28H24FN7OS. The van der Waals surface area contributed by atoms with Crippen molar-refractivity contribution >= 4 is 45.0 Å². The monoisotopic (exact) mass is 525 g/mol. The summed E-state index contributed by atoms with van der Waals surface area (Å²) in [4.78, 5) is 29.0. The van der Waals surface area contributed by atoms with Crippen LogP contribution in [0.15, 0.2) is 59.7 Å². The highest BCUT2D eigenvalue weighted by atomic mass is 32.1. The molecule has 0 atom stereocenters. The molecule has 10 heteroatoms. The summed E-state index contributed by atoms with van der Waals surface area (Å²) in [6, 6.07) is 9.12. The van der Waals surface area contributed by atoms with Gasteiger partial charge in [0.05, 0.1) is 28.3 Å². The van der Waals surface area contributed by atoms with Crippen LogP contribution in [0.5, 0.6) is 0 Å². The molecule has 0 unspecified atom stereocenters. The summed E-state index contributed by atoms with van der Waals surface area (Å²) in [6.45, 7) is 5.99. The predicted molar refractivity (Wildman–Crippen MR) is 148 cm³/mol. The number of pyridine rings is 2. The zero-order valence-electron chi connectivity index (χ0n) is 21.0. The first-order chi connectivity index (χ1) is 18.3. The second-order valence-corrected chi connectivity index (χ2v) is 11.1. The van der Waals surface area contributed by atoms with Gasteiger partial charge in [-0.25, -0.2) is 14.4 Å². The topological polar surface area (TPSA) is 112 Å². The molecule has 0 saturated heterocycles. The van der Waals surface area contributed by atoms with Crippen molar-refractivity contribution in [2.75, 3.05) is 5.32 Å². The second-order valence-electron chi connectivity index (χ2n) is 10.3. The number of rotatable bonds is 5. The number of nitrogens with zero attached hydrogens (tertiary/aromatic N) is 4. The quantitative estimate of drug-likeness (QED) is 0.229. The lowest BCUT2D eigenvalue weighted by molar-refractivity contribution is -0.117. The largest absolute Gasteiger partial charge is 0.335 e. The Kier molecular flexibility index (Phi) is 5.76. The number of anilines is 1. The highest BCUT2D eigenvalue weighted by molar-refractivity contribution is 7.08. The molecule has 1 amide bonds. The summed E-state index contributed by atoms with van der Waals surface area (Å²) < 4.78 is 16.1. The maximum atomic E-state index is 16.1. The van der Waals surface area contributed by atoms with Crippen molar-refractivity contribution in [3.63, 3.8) is 0 Å². The van der Waals surface area contributed by atoms with E-state index in [1.165, 1.54) is 0 Å². The molecule has 5 heterocycles. The van der Waals surface area contributed by atoms with E-state index in [1.807, 2.05) is 38.3 Å². The van der Waals surface area contributed by atoms with Gasteiger partial charge in [0.2, 0.25) is 5.91 Å². The van der Waals surface area contributed by atoms with Gasteiger partial charge < -0.3 is 10.3 Å². The molecule has 0 aliphatic rings. The molecule has 0 radical (unpaired) electrons. The van der Waals surface area contributed by atoms with Crippen LogP contribution in [0.1, 0.15) is 27.2 Å². The lowest BCUT2D eigenvalue weighted by Crippen LogP contribution is -2.19. The Balaban J connectivity index is 1.40. The van der Waals surface area contributed by atoms with Crippen molar-refractivity contribution in [2.24, 2.45) is 5.41 Å². The summed E-state index contributed by atoms with van der Waals surface area (Å²) in [5, 5.41) is 14.5. The van der Waals surface area contributed by atoms with Gasteiger partial charge in [-0.05, 0) is 52.1 Å².